The molecule has 0 aromatic heterocycles. The monoisotopic (exact) mass is 460 g/mol. The van der Waals surface area contributed by atoms with Crippen LogP contribution in [0, 0.1) is 0 Å². The van der Waals surface area contributed by atoms with Gasteiger partial charge in [0.1, 0.15) is 5.60 Å². The van der Waals surface area contributed by atoms with Gasteiger partial charge in [-0.15, -0.1) is 0 Å². The Morgan fingerprint density at radius 2 is 1.74 bits per heavy atom. The second-order valence-corrected chi connectivity index (χ2v) is 10.2. The SMILES string of the molecule is CC1(C)OC(=O)N(C(=O)[C@@H]2CC(c3ccc(C4CCCCC4)cc3)=NO2)[C@H]1Cc1ccccc1. The van der Waals surface area contributed by atoms with Gasteiger partial charge in [0, 0.05) is 6.42 Å². The first-order valence-corrected chi connectivity index (χ1v) is 12.4. The Hall–Kier alpha value is -3.15. The smallest absolute Gasteiger partial charge is 0.417 e. The van der Waals surface area contributed by atoms with E-state index in [0.29, 0.717) is 18.8 Å². The summed E-state index contributed by atoms with van der Waals surface area (Å²) in [5.41, 5.74) is 3.32. The summed E-state index contributed by atoms with van der Waals surface area (Å²) in [6.45, 7) is 3.69. The van der Waals surface area contributed by atoms with E-state index in [9.17, 15) is 9.59 Å². The molecule has 2 fully saturated rings. The molecular formula is C28H32N2O4. The van der Waals surface area contributed by atoms with Gasteiger partial charge in [0.05, 0.1) is 11.8 Å². The van der Waals surface area contributed by atoms with Crippen molar-refractivity contribution in [2.75, 3.05) is 0 Å². The van der Waals surface area contributed by atoms with Crippen LogP contribution in [0.5, 0.6) is 0 Å². The molecule has 2 heterocycles. The van der Waals surface area contributed by atoms with Gasteiger partial charge in [-0.3, -0.25) is 4.79 Å². The highest BCUT2D eigenvalue weighted by Gasteiger charge is 2.52. The third-order valence-electron chi connectivity index (χ3n) is 7.44. The largest absolute Gasteiger partial charge is 0.441 e. The van der Waals surface area contributed by atoms with Gasteiger partial charge in [-0.05, 0) is 55.7 Å². The zero-order valence-electron chi connectivity index (χ0n) is 19.9. The maximum atomic E-state index is 13.4. The molecule has 1 aliphatic carbocycles. The number of hydrogen-bond acceptors (Lipinski definition) is 5. The minimum Gasteiger partial charge on any atom is -0.441 e. The van der Waals surface area contributed by atoms with E-state index in [1.54, 1.807) is 0 Å². The minimum atomic E-state index is -0.826. The number of imide groups is 1. The van der Waals surface area contributed by atoms with Crippen molar-refractivity contribution in [2.45, 2.75) is 82.5 Å². The van der Waals surface area contributed by atoms with Crippen LogP contribution in [0.25, 0.3) is 0 Å². The van der Waals surface area contributed by atoms with Crippen molar-refractivity contribution in [3.05, 3.63) is 71.3 Å². The lowest BCUT2D eigenvalue weighted by Crippen LogP contribution is -2.49. The molecular weight excluding hydrogens is 428 g/mol. The summed E-state index contributed by atoms with van der Waals surface area (Å²) < 4.78 is 5.58. The molecule has 0 N–H and O–H groups in total. The van der Waals surface area contributed by atoms with Gasteiger partial charge < -0.3 is 9.57 Å². The minimum absolute atomic E-state index is 0.337. The van der Waals surface area contributed by atoms with Crippen LogP contribution in [-0.2, 0) is 20.8 Å². The lowest BCUT2D eigenvalue weighted by atomic mass is 9.84. The quantitative estimate of drug-likeness (QED) is 0.583. The molecule has 6 heteroatoms. The fourth-order valence-electron chi connectivity index (χ4n) is 5.42. The number of benzene rings is 2. The maximum absolute atomic E-state index is 13.4. The predicted octanol–water partition coefficient (Wildman–Crippen LogP) is 5.60. The molecule has 5 rings (SSSR count). The van der Waals surface area contributed by atoms with Gasteiger partial charge in [0.15, 0.2) is 0 Å². The molecule has 2 aliphatic heterocycles. The molecule has 2 aromatic rings. The van der Waals surface area contributed by atoms with Gasteiger partial charge in [0.25, 0.3) is 5.91 Å². The van der Waals surface area contributed by atoms with Gasteiger partial charge in [0.2, 0.25) is 6.10 Å². The lowest BCUT2D eigenvalue weighted by molar-refractivity contribution is -0.140. The molecule has 0 bridgehead atoms. The van der Waals surface area contributed by atoms with Crippen LogP contribution in [0.4, 0.5) is 4.79 Å². The van der Waals surface area contributed by atoms with Gasteiger partial charge in [-0.2, -0.15) is 0 Å². The summed E-state index contributed by atoms with van der Waals surface area (Å²) >= 11 is 0. The Morgan fingerprint density at radius 1 is 1.03 bits per heavy atom. The summed E-state index contributed by atoms with van der Waals surface area (Å²) in [5.74, 6) is 0.249. The topological polar surface area (TPSA) is 68.2 Å². The molecule has 1 saturated carbocycles. The molecule has 2 amide bonds. The Morgan fingerprint density at radius 3 is 2.44 bits per heavy atom. The number of ether oxygens (including phenoxy) is 1. The van der Waals surface area contributed by atoms with E-state index in [2.05, 4.69) is 29.4 Å². The third-order valence-corrected chi connectivity index (χ3v) is 7.44. The Bertz CT molecular complexity index is 1070. The van der Waals surface area contributed by atoms with Crippen molar-refractivity contribution < 1.29 is 19.2 Å². The van der Waals surface area contributed by atoms with Gasteiger partial charge >= 0.3 is 6.09 Å². The summed E-state index contributed by atoms with van der Waals surface area (Å²) in [7, 11) is 0. The van der Waals surface area contributed by atoms with Crippen molar-refractivity contribution in [3.63, 3.8) is 0 Å². The number of rotatable bonds is 5. The Kier molecular flexibility index (Phi) is 6.15. The molecule has 0 spiro atoms. The van der Waals surface area contributed by atoms with Crippen molar-refractivity contribution in [1.29, 1.82) is 0 Å². The van der Waals surface area contributed by atoms with Crippen LogP contribution in [-0.4, -0.2) is 40.4 Å². The average Bonchev–Trinajstić information content (AvgIpc) is 3.43. The van der Waals surface area contributed by atoms with Crippen molar-refractivity contribution >= 4 is 17.7 Å². The molecule has 0 unspecified atom stereocenters. The highest BCUT2D eigenvalue weighted by Crippen LogP contribution is 2.35. The first kappa shape index (κ1) is 22.6. The summed E-state index contributed by atoms with van der Waals surface area (Å²) in [4.78, 5) is 32.9. The number of carbonyl (C=O) groups excluding carboxylic acids is 2. The summed E-state index contributed by atoms with van der Waals surface area (Å²) in [6, 6.07) is 17.9. The van der Waals surface area contributed by atoms with E-state index in [1.165, 1.54) is 42.6 Å². The van der Waals surface area contributed by atoms with Gasteiger partial charge in [-0.25, -0.2) is 9.69 Å². The number of oxime groups is 1. The molecule has 6 nitrogen and oxygen atoms in total. The second kappa shape index (κ2) is 9.24. The molecule has 3 aliphatic rings. The molecule has 1 saturated heterocycles. The molecule has 178 valence electrons. The molecule has 34 heavy (non-hydrogen) atoms. The fraction of sp³-hybridized carbons (Fsp3) is 0.464. The lowest BCUT2D eigenvalue weighted by Gasteiger charge is -2.28. The first-order valence-electron chi connectivity index (χ1n) is 12.4. The van der Waals surface area contributed by atoms with Crippen LogP contribution >= 0.6 is 0 Å². The van der Waals surface area contributed by atoms with E-state index in [0.717, 1.165) is 16.8 Å². The van der Waals surface area contributed by atoms with E-state index in [1.807, 2.05) is 44.2 Å². The average molecular weight is 461 g/mol. The van der Waals surface area contributed by atoms with Crippen LogP contribution in [0.3, 0.4) is 0 Å². The second-order valence-electron chi connectivity index (χ2n) is 10.2. The fourth-order valence-corrected chi connectivity index (χ4v) is 5.42. The third kappa shape index (κ3) is 4.46. The number of carbonyl (C=O) groups is 2. The Balaban J connectivity index is 1.27. The van der Waals surface area contributed by atoms with E-state index >= 15 is 0 Å². The zero-order valence-corrected chi connectivity index (χ0v) is 19.9. The normalized spacial score (nSPS) is 24.5. The molecule has 2 atom stereocenters. The number of amides is 2. The maximum Gasteiger partial charge on any atom is 0.417 e. The predicted molar refractivity (Wildman–Crippen MR) is 130 cm³/mol. The zero-order chi connectivity index (χ0) is 23.7. The number of nitrogens with zero attached hydrogens (tertiary/aromatic N) is 2. The van der Waals surface area contributed by atoms with Crippen LogP contribution < -0.4 is 0 Å². The first-order chi connectivity index (χ1) is 16.4. The Labute approximate surface area is 200 Å². The van der Waals surface area contributed by atoms with Crippen LogP contribution in [0.2, 0.25) is 0 Å². The van der Waals surface area contributed by atoms with E-state index in [4.69, 9.17) is 9.57 Å². The summed E-state index contributed by atoms with van der Waals surface area (Å²) in [5, 5.41) is 4.21. The van der Waals surface area contributed by atoms with E-state index < -0.39 is 29.7 Å². The number of cyclic esters (lactones) is 1. The van der Waals surface area contributed by atoms with E-state index in [-0.39, 0.29) is 0 Å². The van der Waals surface area contributed by atoms with Crippen molar-refractivity contribution in [1.82, 2.24) is 4.90 Å². The number of hydrogen-bond donors (Lipinski definition) is 0. The molecule has 0 radical (unpaired) electrons. The van der Waals surface area contributed by atoms with Crippen molar-refractivity contribution in [2.24, 2.45) is 5.16 Å². The van der Waals surface area contributed by atoms with Crippen molar-refractivity contribution in [3.8, 4) is 0 Å². The molecule has 2 aromatic carbocycles. The van der Waals surface area contributed by atoms with Gasteiger partial charge in [-0.1, -0.05) is 79.0 Å². The standard InChI is InChI=1S/C28H32N2O4/c1-28(2)25(17-19-9-5-3-6-10-19)30(27(32)33-28)26(31)24-18-23(29-34-24)22-15-13-21(14-16-22)20-11-7-4-8-12-20/h3,5-6,9-10,13-16,20,24-25H,4,7-8,11-12,17-18H2,1-2H3/t24-,25-/m0/s1. The highest BCUT2D eigenvalue weighted by atomic mass is 16.6. The highest BCUT2D eigenvalue weighted by molar-refractivity contribution is 6.06. The van der Waals surface area contributed by atoms with Crippen LogP contribution in [0.15, 0.2) is 59.8 Å². The summed E-state index contributed by atoms with van der Waals surface area (Å²) in [6.07, 6.45) is 5.87. The van der Waals surface area contributed by atoms with Crippen LogP contribution in [0.1, 0.15) is 75.0 Å².